The number of rotatable bonds is 3. The van der Waals surface area contributed by atoms with Crippen molar-refractivity contribution in [2.75, 3.05) is 6.61 Å². The number of nitrogens with one attached hydrogen (secondary N) is 1. The average molecular weight is 311 g/mol. The van der Waals surface area contributed by atoms with Crippen LogP contribution in [-0.4, -0.2) is 17.6 Å². The molecule has 0 radical (unpaired) electrons. The van der Waals surface area contributed by atoms with E-state index in [4.69, 9.17) is 4.74 Å². The Balaban J connectivity index is 2.05. The highest BCUT2D eigenvalue weighted by atomic mass is 16.5. The second-order valence-corrected chi connectivity index (χ2v) is 7.40. The lowest BCUT2D eigenvalue weighted by Gasteiger charge is -2.42. The maximum atomic E-state index is 11.3. The van der Waals surface area contributed by atoms with Crippen molar-refractivity contribution in [3.8, 4) is 0 Å². The third-order valence-electron chi connectivity index (χ3n) is 5.08. The molecule has 122 valence electrons. The number of aromatic nitrogens is 1. The van der Waals surface area contributed by atoms with Crippen molar-refractivity contribution < 1.29 is 9.53 Å². The number of para-hydroxylation sites is 1. The minimum Gasteiger partial charge on any atom is -0.466 e. The standard InChI is InChI=1S/C20H25NO2/c1-13-9-16(17-11-21-19-8-6-5-7-15(17)19)18(12-23-14(2)22)20(3,4)10-13/h5-9,11,16,18,21H,10,12H2,1-4H3/t16-,18-/m0/s1. The van der Waals surface area contributed by atoms with Gasteiger partial charge < -0.3 is 9.72 Å². The van der Waals surface area contributed by atoms with E-state index < -0.39 is 0 Å². The molecule has 0 fully saturated rings. The molecular weight excluding hydrogens is 286 g/mol. The van der Waals surface area contributed by atoms with Gasteiger partial charge in [0.15, 0.2) is 0 Å². The van der Waals surface area contributed by atoms with Gasteiger partial charge in [0.2, 0.25) is 0 Å². The van der Waals surface area contributed by atoms with Gasteiger partial charge in [-0.2, -0.15) is 0 Å². The van der Waals surface area contributed by atoms with Crippen LogP contribution in [-0.2, 0) is 9.53 Å². The number of esters is 1. The molecule has 3 nitrogen and oxygen atoms in total. The molecule has 0 spiro atoms. The number of allylic oxidation sites excluding steroid dienone is 2. The number of hydrogen-bond acceptors (Lipinski definition) is 2. The second-order valence-electron chi connectivity index (χ2n) is 7.40. The van der Waals surface area contributed by atoms with E-state index in [0.717, 1.165) is 11.9 Å². The van der Waals surface area contributed by atoms with Gasteiger partial charge in [-0.25, -0.2) is 0 Å². The molecule has 2 atom stereocenters. The molecule has 2 aromatic rings. The Kier molecular flexibility index (Phi) is 4.05. The Morgan fingerprint density at radius 3 is 2.83 bits per heavy atom. The van der Waals surface area contributed by atoms with Crippen LogP contribution in [0.3, 0.4) is 0 Å². The van der Waals surface area contributed by atoms with Crippen LogP contribution in [0.25, 0.3) is 10.9 Å². The van der Waals surface area contributed by atoms with Crippen LogP contribution in [0.5, 0.6) is 0 Å². The van der Waals surface area contributed by atoms with Crippen molar-refractivity contribution in [2.45, 2.75) is 40.0 Å². The van der Waals surface area contributed by atoms with E-state index in [1.807, 2.05) is 6.07 Å². The van der Waals surface area contributed by atoms with Gasteiger partial charge in [0.05, 0.1) is 6.61 Å². The summed E-state index contributed by atoms with van der Waals surface area (Å²) in [6.07, 6.45) is 5.51. The molecule has 1 aliphatic carbocycles. The van der Waals surface area contributed by atoms with E-state index in [2.05, 4.69) is 56.2 Å². The molecule has 3 heteroatoms. The van der Waals surface area contributed by atoms with E-state index in [0.29, 0.717) is 6.61 Å². The van der Waals surface area contributed by atoms with Gasteiger partial charge in [-0.05, 0) is 30.4 Å². The minimum absolute atomic E-state index is 0.0946. The number of ether oxygens (including phenoxy) is 1. The Hall–Kier alpha value is -2.03. The molecule has 0 unspecified atom stereocenters. The maximum absolute atomic E-state index is 11.3. The largest absolute Gasteiger partial charge is 0.466 e. The summed E-state index contributed by atoms with van der Waals surface area (Å²) in [6.45, 7) is 8.71. The molecule has 23 heavy (non-hydrogen) atoms. The molecule has 0 saturated heterocycles. The number of benzene rings is 1. The Morgan fingerprint density at radius 2 is 2.09 bits per heavy atom. The van der Waals surface area contributed by atoms with Gasteiger partial charge in [-0.3, -0.25) is 4.79 Å². The molecule has 0 saturated carbocycles. The zero-order valence-corrected chi connectivity index (χ0v) is 14.3. The first kappa shape index (κ1) is 15.9. The van der Waals surface area contributed by atoms with E-state index in [1.165, 1.54) is 23.4 Å². The fourth-order valence-corrected chi connectivity index (χ4v) is 4.03. The summed E-state index contributed by atoms with van der Waals surface area (Å²) in [7, 11) is 0. The smallest absolute Gasteiger partial charge is 0.302 e. The Labute approximate surface area is 137 Å². The highest BCUT2D eigenvalue weighted by Crippen LogP contribution is 2.48. The number of H-pyrrole nitrogens is 1. The van der Waals surface area contributed by atoms with Gasteiger partial charge in [0, 0.05) is 35.9 Å². The molecule has 3 rings (SSSR count). The fraction of sp³-hybridized carbons (Fsp3) is 0.450. The van der Waals surface area contributed by atoms with E-state index in [-0.39, 0.29) is 23.2 Å². The topological polar surface area (TPSA) is 42.1 Å². The Morgan fingerprint density at radius 1 is 1.35 bits per heavy atom. The predicted molar refractivity (Wildman–Crippen MR) is 93.3 cm³/mol. The number of carbonyl (C=O) groups is 1. The molecule has 1 aromatic carbocycles. The molecule has 0 bridgehead atoms. The number of fused-ring (bicyclic) bond motifs is 1. The van der Waals surface area contributed by atoms with Crippen LogP contribution >= 0.6 is 0 Å². The second kappa shape index (κ2) is 5.88. The summed E-state index contributed by atoms with van der Waals surface area (Å²) in [5.74, 6) is 0.327. The number of aromatic amines is 1. The molecule has 0 aliphatic heterocycles. The van der Waals surface area contributed by atoms with E-state index >= 15 is 0 Å². The van der Waals surface area contributed by atoms with Crippen LogP contribution in [0.1, 0.15) is 45.6 Å². The number of carbonyl (C=O) groups excluding carboxylic acids is 1. The molecule has 1 heterocycles. The summed E-state index contributed by atoms with van der Waals surface area (Å²) >= 11 is 0. The van der Waals surface area contributed by atoms with Gasteiger partial charge in [0.1, 0.15) is 0 Å². The first-order chi connectivity index (χ1) is 10.9. The van der Waals surface area contributed by atoms with Crippen LogP contribution in [0.15, 0.2) is 42.1 Å². The highest BCUT2D eigenvalue weighted by Gasteiger charge is 2.40. The van der Waals surface area contributed by atoms with Gasteiger partial charge in [-0.1, -0.05) is 43.7 Å². The van der Waals surface area contributed by atoms with Gasteiger partial charge in [0.25, 0.3) is 0 Å². The lowest BCUT2D eigenvalue weighted by atomic mass is 9.63. The zero-order chi connectivity index (χ0) is 16.6. The van der Waals surface area contributed by atoms with Crippen molar-refractivity contribution in [3.05, 3.63) is 47.7 Å². The van der Waals surface area contributed by atoms with Crippen LogP contribution < -0.4 is 0 Å². The van der Waals surface area contributed by atoms with Crippen molar-refractivity contribution in [1.29, 1.82) is 0 Å². The average Bonchev–Trinajstić information content (AvgIpc) is 2.88. The normalized spacial score (nSPS) is 23.6. The lowest BCUT2D eigenvalue weighted by Crippen LogP contribution is -2.36. The molecule has 1 N–H and O–H groups in total. The summed E-state index contributed by atoms with van der Waals surface area (Å²) in [6, 6.07) is 8.38. The van der Waals surface area contributed by atoms with E-state index in [1.54, 1.807) is 0 Å². The monoisotopic (exact) mass is 311 g/mol. The summed E-state index contributed by atoms with van der Waals surface area (Å²) in [5, 5.41) is 1.26. The Bertz CT molecular complexity index is 754. The molecule has 0 amide bonds. The summed E-state index contributed by atoms with van der Waals surface area (Å²) in [4.78, 5) is 14.7. The van der Waals surface area contributed by atoms with Crippen molar-refractivity contribution in [1.82, 2.24) is 4.98 Å². The third kappa shape index (κ3) is 3.05. The minimum atomic E-state index is -0.204. The summed E-state index contributed by atoms with van der Waals surface area (Å²) in [5.41, 5.74) is 3.95. The van der Waals surface area contributed by atoms with Crippen LogP contribution in [0, 0.1) is 11.3 Å². The van der Waals surface area contributed by atoms with Crippen LogP contribution in [0.4, 0.5) is 0 Å². The van der Waals surface area contributed by atoms with Gasteiger partial charge >= 0.3 is 5.97 Å². The van der Waals surface area contributed by atoms with Crippen molar-refractivity contribution in [2.24, 2.45) is 11.3 Å². The first-order valence-electron chi connectivity index (χ1n) is 8.25. The third-order valence-corrected chi connectivity index (χ3v) is 5.08. The van der Waals surface area contributed by atoms with Crippen molar-refractivity contribution in [3.63, 3.8) is 0 Å². The first-order valence-corrected chi connectivity index (χ1v) is 8.25. The maximum Gasteiger partial charge on any atom is 0.302 e. The molecular formula is C20H25NO2. The highest BCUT2D eigenvalue weighted by molar-refractivity contribution is 5.84. The summed E-state index contributed by atoms with van der Waals surface area (Å²) < 4.78 is 5.41. The molecule has 1 aliphatic rings. The quantitative estimate of drug-likeness (QED) is 0.653. The number of hydrogen-bond donors (Lipinski definition) is 1. The fourth-order valence-electron chi connectivity index (χ4n) is 4.03. The van der Waals surface area contributed by atoms with Gasteiger partial charge in [-0.15, -0.1) is 0 Å². The molecule has 1 aromatic heterocycles. The van der Waals surface area contributed by atoms with Crippen LogP contribution in [0.2, 0.25) is 0 Å². The SMILES string of the molecule is CC(=O)OC[C@H]1[C@H](c2c[nH]c3ccccc23)C=C(C)CC1(C)C. The van der Waals surface area contributed by atoms with Crippen molar-refractivity contribution >= 4 is 16.9 Å². The zero-order valence-electron chi connectivity index (χ0n) is 14.3. The predicted octanol–water partition coefficient (Wildman–Crippen LogP) is 4.81. The lowest BCUT2D eigenvalue weighted by molar-refractivity contribution is -0.143. The van der Waals surface area contributed by atoms with E-state index in [9.17, 15) is 4.79 Å².